The lowest BCUT2D eigenvalue weighted by Gasteiger charge is -2.38. The molecule has 2 aromatic heterocycles. The van der Waals surface area contributed by atoms with Crippen molar-refractivity contribution in [1.82, 2.24) is 10.1 Å². The van der Waals surface area contributed by atoms with Gasteiger partial charge in [0.1, 0.15) is 5.76 Å². The van der Waals surface area contributed by atoms with Crippen molar-refractivity contribution in [2.45, 2.75) is 87.5 Å². The van der Waals surface area contributed by atoms with Gasteiger partial charge in [0.15, 0.2) is 5.13 Å². The van der Waals surface area contributed by atoms with E-state index in [9.17, 15) is 9.90 Å². The molecule has 2 saturated heterocycles. The molecule has 4 aromatic rings. The van der Waals surface area contributed by atoms with E-state index in [-0.39, 0.29) is 6.10 Å². The van der Waals surface area contributed by atoms with E-state index in [0.717, 1.165) is 58.9 Å². The first kappa shape index (κ1) is 23.6. The van der Waals surface area contributed by atoms with Crippen molar-refractivity contribution in [2.75, 3.05) is 4.90 Å². The minimum atomic E-state index is -0.900. The number of hydrogen-bond acceptors (Lipinski definition) is 7. The third kappa shape index (κ3) is 4.25. The van der Waals surface area contributed by atoms with Crippen LogP contribution in [0, 0.1) is 0 Å². The molecule has 200 valence electrons. The third-order valence-corrected chi connectivity index (χ3v) is 10.2. The lowest BCUT2D eigenvalue weighted by Crippen LogP contribution is -2.45. The molecule has 8 rings (SSSR count). The fourth-order valence-electron chi connectivity index (χ4n) is 6.94. The highest BCUT2D eigenvalue weighted by atomic mass is 32.1. The number of aromatic carboxylic acids is 1. The van der Waals surface area contributed by atoms with Crippen LogP contribution in [0.2, 0.25) is 0 Å². The summed E-state index contributed by atoms with van der Waals surface area (Å²) in [7, 11) is 0. The standard InChI is InChI=1S/C31H31N3O4S/c35-30(36)19-8-11-26-27(12-19)39-31(32-26)34-20-9-10-21(34)14-22(13-20)37-16-25-28(33-38-29(25)18-6-7-18)24-15-23(24)17-4-2-1-3-5-17/h1-5,8,11-12,18,20-24H,6-7,9-10,13-16H2,(H,35,36). The lowest BCUT2D eigenvalue weighted by molar-refractivity contribution is 0.0142. The first-order valence-electron chi connectivity index (χ1n) is 14.2. The van der Waals surface area contributed by atoms with Gasteiger partial charge in [-0.25, -0.2) is 9.78 Å². The summed E-state index contributed by atoms with van der Waals surface area (Å²) in [6.07, 6.45) is 7.99. The molecule has 4 heterocycles. The van der Waals surface area contributed by atoms with Crippen LogP contribution < -0.4 is 4.90 Å². The molecule has 4 fully saturated rings. The Kier molecular flexibility index (Phi) is 5.56. The van der Waals surface area contributed by atoms with Gasteiger partial charge in [0.25, 0.3) is 0 Å². The normalized spacial score (nSPS) is 27.8. The summed E-state index contributed by atoms with van der Waals surface area (Å²) in [5.74, 6) is 1.64. The molecule has 2 saturated carbocycles. The predicted molar refractivity (Wildman–Crippen MR) is 149 cm³/mol. The van der Waals surface area contributed by atoms with E-state index in [4.69, 9.17) is 14.2 Å². The van der Waals surface area contributed by atoms with E-state index in [1.807, 2.05) is 6.07 Å². The molecule has 4 unspecified atom stereocenters. The van der Waals surface area contributed by atoms with Crippen molar-refractivity contribution in [3.63, 3.8) is 0 Å². The molecule has 0 radical (unpaired) electrons. The summed E-state index contributed by atoms with van der Waals surface area (Å²) in [5.41, 5.74) is 4.92. The van der Waals surface area contributed by atoms with E-state index < -0.39 is 5.97 Å². The zero-order chi connectivity index (χ0) is 26.1. The van der Waals surface area contributed by atoms with Crippen molar-refractivity contribution in [3.8, 4) is 0 Å². The van der Waals surface area contributed by atoms with E-state index >= 15 is 0 Å². The van der Waals surface area contributed by atoms with Crippen LogP contribution in [0.5, 0.6) is 0 Å². The van der Waals surface area contributed by atoms with Crippen molar-refractivity contribution < 1.29 is 19.2 Å². The molecule has 1 N–H and O–H groups in total. The van der Waals surface area contributed by atoms with E-state index in [2.05, 4.69) is 40.4 Å². The smallest absolute Gasteiger partial charge is 0.335 e. The van der Waals surface area contributed by atoms with Gasteiger partial charge in [-0.3, -0.25) is 0 Å². The number of carboxylic acids is 1. The number of carbonyl (C=O) groups is 1. The largest absolute Gasteiger partial charge is 0.478 e. The fourth-order valence-corrected chi connectivity index (χ4v) is 8.08. The number of hydrogen-bond donors (Lipinski definition) is 1. The number of benzene rings is 2. The predicted octanol–water partition coefficient (Wildman–Crippen LogP) is 6.85. The summed E-state index contributed by atoms with van der Waals surface area (Å²) < 4.78 is 13.5. The summed E-state index contributed by atoms with van der Waals surface area (Å²) in [6.45, 7) is 0.589. The van der Waals surface area contributed by atoms with E-state index in [0.29, 0.717) is 42.0 Å². The monoisotopic (exact) mass is 541 g/mol. The quantitative estimate of drug-likeness (QED) is 0.261. The summed E-state index contributed by atoms with van der Waals surface area (Å²) in [4.78, 5) is 18.8. The van der Waals surface area contributed by atoms with Crippen molar-refractivity contribution in [1.29, 1.82) is 0 Å². The average molecular weight is 542 g/mol. The second-order valence-corrected chi connectivity index (χ2v) is 12.7. The molecular weight excluding hydrogens is 510 g/mol. The molecule has 7 nitrogen and oxygen atoms in total. The Balaban J connectivity index is 0.975. The average Bonchev–Trinajstić information content (AvgIpc) is 3.85. The number of anilines is 1. The van der Waals surface area contributed by atoms with Gasteiger partial charge in [-0.15, -0.1) is 0 Å². The fraction of sp³-hybridized carbons (Fsp3) is 0.452. The SMILES string of the molecule is O=C(O)c1ccc2nc(N3C4CCC3CC(OCc3c(C5CC5c5ccccc5)noc3C3CC3)C4)sc2c1. The highest BCUT2D eigenvalue weighted by molar-refractivity contribution is 7.22. The lowest BCUT2D eigenvalue weighted by atomic mass is 10.00. The van der Waals surface area contributed by atoms with Gasteiger partial charge in [-0.05, 0) is 74.6 Å². The van der Waals surface area contributed by atoms with Gasteiger partial charge >= 0.3 is 5.97 Å². The number of thiazole rings is 1. The van der Waals surface area contributed by atoms with Crippen LogP contribution in [0.3, 0.4) is 0 Å². The van der Waals surface area contributed by atoms with Crippen LogP contribution >= 0.6 is 11.3 Å². The molecule has 0 spiro atoms. The van der Waals surface area contributed by atoms with Gasteiger partial charge in [0.2, 0.25) is 0 Å². The highest BCUT2D eigenvalue weighted by Gasteiger charge is 2.46. The van der Waals surface area contributed by atoms with Crippen LogP contribution in [0.25, 0.3) is 10.2 Å². The maximum Gasteiger partial charge on any atom is 0.335 e. The minimum Gasteiger partial charge on any atom is -0.478 e. The summed E-state index contributed by atoms with van der Waals surface area (Å²) in [6, 6.07) is 16.8. The Hall–Kier alpha value is -3.23. The summed E-state index contributed by atoms with van der Waals surface area (Å²) >= 11 is 1.61. The molecule has 4 atom stereocenters. The molecular formula is C31H31N3O4S. The van der Waals surface area contributed by atoms with Crippen molar-refractivity contribution in [3.05, 3.63) is 76.7 Å². The van der Waals surface area contributed by atoms with Crippen LogP contribution in [0.1, 0.15) is 95.6 Å². The van der Waals surface area contributed by atoms with Crippen molar-refractivity contribution in [2.24, 2.45) is 0 Å². The number of ether oxygens (including phenoxy) is 1. The number of carboxylic acid groups (broad SMARTS) is 1. The summed E-state index contributed by atoms with van der Waals surface area (Å²) in [5, 5.41) is 15.0. The molecule has 2 aliphatic carbocycles. The zero-order valence-corrected chi connectivity index (χ0v) is 22.5. The third-order valence-electron chi connectivity index (χ3n) is 9.16. The molecule has 2 aliphatic heterocycles. The number of rotatable bonds is 8. The van der Waals surface area contributed by atoms with Crippen LogP contribution in [0.4, 0.5) is 5.13 Å². The van der Waals surface area contributed by atoms with Crippen LogP contribution in [0.15, 0.2) is 53.1 Å². The second-order valence-electron chi connectivity index (χ2n) is 11.7. The number of piperidine rings is 1. The second kappa shape index (κ2) is 9.17. The number of fused-ring (bicyclic) bond motifs is 3. The Morgan fingerprint density at radius 1 is 1.03 bits per heavy atom. The molecule has 2 bridgehead atoms. The highest BCUT2D eigenvalue weighted by Crippen LogP contribution is 2.56. The molecule has 39 heavy (non-hydrogen) atoms. The molecule has 4 aliphatic rings. The zero-order valence-electron chi connectivity index (χ0n) is 21.7. The van der Waals surface area contributed by atoms with Gasteiger partial charge in [-0.2, -0.15) is 0 Å². The minimum absolute atomic E-state index is 0.214. The Morgan fingerprint density at radius 3 is 2.56 bits per heavy atom. The van der Waals surface area contributed by atoms with E-state index in [1.54, 1.807) is 23.5 Å². The Morgan fingerprint density at radius 2 is 1.82 bits per heavy atom. The topological polar surface area (TPSA) is 88.7 Å². The molecule has 2 aromatic carbocycles. The van der Waals surface area contributed by atoms with Gasteiger partial charge in [0, 0.05) is 29.5 Å². The van der Waals surface area contributed by atoms with Crippen molar-refractivity contribution >= 4 is 32.7 Å². The Bertz CT molecular complexity index is 1530. The number of nitrogens with zero attached hydrogens (tertiary/aromatic N) is 3. The first-order chi connectivity index (χ1) is 19.1. The Labute approximate surface area is 230 Å². The maximum atomic E-state index is 11.4. The number of aromatic nitrogens is 2. The maximum absolute atomic E-state index is 11.4. The van der Waals surface area contributed by atoms with E-state index in [1.165, 1.54) is 24.0 Å². The molecule has 0 amide bonds. The first-order valence-corrected chi connectivity index (χ1v) is 15.0. The molecule has 8 heteroatoms. The van der Waals surface area contributed by atoms with Gasteiger partial charge < -0.3 is 19.3 Å². The van der Waals surface area contributed by atoms with Gasteiger partial charge in [-0.1, -0.05) is 46.8 Å². The van der Waals surface area contributed by atoms with Crippen LogP contribution in [-0.4, -0.2) is 39.4 Å². The van der Waals surface area contributed by atoms with Gasteiger partial charge in [0.05, 0.1) is 34.2 Å². The van der Waals surface area contributed by atoms with Crippen LogP contribution in [-0.2, 0) is 11.3 Å².